The zero-order chi connectivity index (χ0) is 26.5. The zero-order valence-corrected chi connectivity index (χ0v) is 22.7. The number of nitrogens with one attached hydrogen (secondary N) is 1. The summed E-state index contributed by atoms with van der Waals surface area (Å²) in [5.74, 6) is 1.79. The number of ether oxygens (including phenoxy) is 1. The highest BCUT2D eigenvalue weighted by Crippen LogP contribution is 2.40. The predicted octanol–water partition coefficient (Wildman–Crippen LogP) is 5.07. The van der Waals surface area contributed by atoms with Crippen LogP contribution < -0.4 is 10.7 Å². The maximum absolute atomic E-state index is 11.8. The van der Waals surface area contributed by atoms with E-state index in [-0.39, 0.29) is 12.0 Å². The fraction of sp³-hybridized carbons (Fsp3) is 0.536. The Balaban J connectivity index is 1.44. The van der Waals surface area contributed by atoms with Crippen LogP contribution in [0.3, 0.4) is 0 Å². The Morgan fingerprint density at radius 3 is 2.77 bits per heavy atom. The molecule has 2 saturated carbocycles. The van der Waals surface area contributed by atoms with Gasteiger partial charge in [-0.3, -0.25) is 4.98 Å². The number of aromatic amines is 1. The monoisotopic (exact) mass is 549 g/mol. The average Bonchev–Trinajstić information content (AvgIpc) is 3.68. The second kappa shape index (κ2) is 10.1. The van der Waals surface area contributed by atoms with Crippen molar-refractivity contribution in [1.29, 1.82) is 0 Å². The third-order valence-electron chi connectivity index (χ3n) is 8.66. The first-order valence-electron chi connectivity index (χ1n) is 14.0. The van der Waals surface area contributed by atoms with Gasteiger partial charge in [-0.25, -0.2) is 19.9 Å². The minimum atomic E-state index is -0.629. The number of pyridine rings is 2. The number of hydrogen-bond donors (Lipinski definition) is 1. The predicted molar refractivity (Wildman–Crippen MR) is 148 cm³/mol. The summed E-state index contributed by atoms with van der Waals surface area (Å²) in [6.45, 7) is 4.71. The smallest absolute Gasteiger partial charge is 0.386 e. The first-order chi connectivity index (χ1) is 19.0. The van der Waals surface area contributed by atoms with Crippen LogP contribution in [0.25, 0.3) is 33.9 Å². The van der Waals surface area contributed by atoms with Crippen LogP contribution in [0.1, 0.15) is 51.9 Å². The van der Waals surface area contributed by atoms with E-state index >= 15 is 0 Å². The van der Waals surface area contributed by atoms with E-state index in [4.69, 9.17) is 30.7 Å². The normalized spacial score (nSPS) is 25.3. The van der Waals surface area contributed by atoms with E-state index in [9.17, 15) is 4.79 Å². The lowest BCUT2D eigenvalue weighted by molar-refractivity contribution is 0.0247. The molecular formula is C28H32ClN7O3. The maximum Gasteiger partial charge on any atom is 0.434 e. The Hall–Kier alpha value is -3.24. The molecule has 0 amide bonds. The van der Waals surface area contributed by atoms with Crippen molar-refractivity contribution in [3.63, 3.8) is 0 Å². The maximum atomic E-state index is 11.8. The Labute approximate surface area is 230 Å². The van der Waals surface area contributed by atoms with E-state index in [2.05, 4.69) is 31.6 Å². The van der Waals surface area contributed by atoms with Crippen LogP contribution in [0.5, 0.6) is 0 Å². The summed E-state index contributed by atoms with van der Waals surface area (Å²) in [5, 5.41) is 6.90. The topological polar surface area (TPSA) is 115 Å². The van der Waals surface area contributed by atoms with Crippen LogP contribution in [0, 0.1) is 11.8 Å². The molecule has 204 valence electrons. The molecule has 10 nitrogen and oxygen atoms in total. The molecule has 4 aromatic heterocycles. The lowest BCUT2D eigenvalue weighted by Gasteiger charge is -2.39. The number of halogens is 1. The number of rotatable bonds is 5. The van der Waals surface area contributed by atoms with Crippen LogP contribution >= 0.6 is 11.6 Å². The third-order valence-corrected chi connectivity index (χ3v) is 8.86. The molecule has 4 aromatic rings. The molecule has 1 N–H and O–H groups in total. The summed E-state index contributed by atoms with van der Waals surface area (Å²) in [7, 11) is 0. The van der Waals surface area contributed by atoms with Gasteiger partial charge in [-0.05, 0) is 56.1 Å². The highest BCUT2D eigenvalue weighted by atomic mass is 35.5. The number of imidazole rings is 1. The highest BCUT2D eigenvalue weighted by molar-refractivity contribution is 6.30. The van der Waals surface area contributed by atoms with Crippen molar-refractivity contribution in [3.8, 4) is 22.8 Å². The molecule has 2 aliphatic carbocycles. The van der Waals surface area contributed by atoms with Crippen LogP contribution in [-0.4, -0.2) is 55.0 Å². The van der Waals surface area contributed by atoms with E-state index in [0.29, 0.717) is 35.0 Å². The molecular weight excluding hydrogens is 518 g/mol. The molecule has 3 fully saturated rings. The summed E-state index contributed by atoms with van der Waals surface area (Å²) >= 11 is 6.39. The molecule has 0 spiro atoms. The summed E-state index contributed by atoms with van der Waals surface area (Å²) < 4.78 is 13.8. The number of aromatic nitrogens is 6. The van der Waals surface area contributed by atoms with Gasteiger partial charge in [0, 0.05) is 31.0 Å². The highest BCUT2D eigenvalue weighted by Gasteiger charge is 2.39. The SMILES string of the molecule is C[C@H]1CC[C@H](Cn2c(N3CCO[C@H]4CCC[C@@H]43)nc3cc(-c4n[nH]c(=O)o4)nc(-c4cncc(Cl)c4)c32)CC1. The average molecular weight is 550 g/mol. The van der Waals surface area contributed by atoms with Crippen molar-refractivity contribution in [1.82, 2.24) is 29.7 Å². The van der Waals surface area contributed by atoms with E-state index in [0.717, 1.165) is 60.8 Å². The van der Waals surface area contributed by atoms with Gasteiger partial charge in [0.05, 0.1) is 40.5 Å². The van der Waals surface area contributed by atoms with Gasteiger partial charge in [-0.15, -0.1) is 5.10 Å². The van der Waals surface area contributed by atoms with E-state index < -0.39 is 5.76 Å². The van der Waals surface area contributed by atoms with Crippen molar-refractivity contribution in [2.75, 3.05) is 18.1 Å². The number of fused-ring (bicyclic) bond motifs is 2. The van der Waals surface area contributed by atoms with Crippen LogP contribution in [-0.2, 0) is 11.3 Å². The molecule has 0 bridgehead atoms. The molecule has 3 aliphatic rings. The first-order valence-corrected chi connectivity index (χ1v) is 14.4. The Bertz CT molecular complexity index is 1550. The third kappa shape index (κ3) is 4.63. The summed E-state index contributed by atoms with van der Waals surface area (Å²) in [6.07, 6.45) is 11.9. The van der Waals surface area contributed by atoms with Gasteiger partial charge in [-0.1, -0.05) is 31.4 Å². The summed E-state index contributed by atoms with van der Waals surface area (Å²) in [4.78, 5) is 28.8. The van der Waals surface area contributed by atoms with E-state index in [1.165, 1.54) is 25.7 Å². The van der Waals surface area contributed by atoms with Crippen LogP contribution in [0.2, 0.25) is 5.02 Å². The van der Waals surface area contributed by atoms with Crippen molar-refractivity contribution < 1.29 is 9.15 Å². The molecule has 1 aliphatic heterocycles. The molecule has 11 heteroatoms. The van der Waals surface area contributed by atoms with Crippen LogP contribution in [0.15, 0.2) is 33.7 Å². The Morgan fingerprint density at radius 2 is 1.97 bits per heavy atom. The van der Waals surface area contributed by atoms with E-state index in [1.54, 1.807) is 12.4 Å². The lowest BCUT2D eigenvalue weighted by atomic mass is 9.83. The van der Waals surface area contributed by atoms with Gasteiger partial charge in [0.25, 0.3) is 5.89 Å². The number of nitrogens with zero attached hydrogens (tertiary/aromatic N) is 6. The summed E-state index contributed by atoms with van der Waals surface area (Å²) in [5.41, 5.74) is 3.62. The quantitative estimate of drug-likeness (QED) is 0.367. The van der Waals surface area contributed by atoms with Crippen molar-refractivity contribution in [2.45, 2.75) is 70.6 Å². The van der Waals surface area contributed by atoms with Gasteiger partial charge in [0.2, 0.25) is 5.95 Å². The largest absolute Gasteiger partial charge is 0.434 e. The van der Waals surface area contributed by atoms with Gasteiger partial charge in [-0.2, -0.15) is 0 Å². The fourth-order valence-electron chi connectivity index (χ4n) is 6.67. The minimum Gasteiger partial charge on any atom is -0.386 e. The lowest BCUT2D eigenvalue weighted by Crippen LogP contribution is -2.49. The summed E-state index contributed by atoms with van der Waals surface area (Å²) in [6, 6.07) is 4.04. The standard InChI is InChI=1S/C28H32ClN7O3/c1-16-5-7-17(8-6-16)15-36-25-20(32-27(36)35-9-10-38-23-4-2-3-22(23)35)12-21(26-33-34-28(37)39-26)31-24(25)18-11-19(29)14-30-13-18/h11-14,16-17,22-23H,2-10,15H2,1H3,(H,34,37)/t16-,17-,22-,23-/m0/s1. The second-order valence-electron chi connectivity index (χ2n) is 11.3. The molecule has 2 atom stereocenters. The minimum absolute atomic E-state index is 0.123. The Kier molecular flexibility index (Phi) is 6.39. The first kappa shape index (κ1) is 24.8. The number of morpholine rings is 1. The van der Waals surface area contributed by atoms with Crippen molar-refractivity contribution in [2.24, 2.45) is 11.8 Å². The molecule has 1 saturated heterocycles. The van der Waals surface area contributed by atoms with Gasteiger partial charge in [0.1, 0.15) is 5.69 Å². The molecule has 7 rings (SSSR count). The molecule has 39 heavy (non-hydrogen) atoms. The second-order valence-corrected chi connectivity index (χ2v) is 11.7. The van der Waals surface area contributed by atoms with Gasteiger partial charge < -0.3 is 18.6 Å². The molecule has 0 aromatic carbocycles. The van der Waals surface area contributed by atoms with Crippen molar-refractivity contribution >= 4 is 28.6 Å². The van der Waals surface area contributed by atoms with Gasteiger partial charge >= 0.3 is 5.76 Å². The molecule has 0 unspecified atom stereocenters. The van der Waals surface area contributed by atoms with Crippen molar-refractivity contribution in [3.05, 3.63) is 40.1 Å². The zero-order valence-electron chi connectivity index (χ0n) is 22.0. The number of anilines is 1. The molecule has 0 radical (unpaired) electrons. The van der Waals surface area contributed by atoms with Crippen LogP contribution in [0.4, 0.5) is 5.95 Å². The number of H-pyrrole nitrogens is 1. The Morgan fingerprint density at radius 1 is 1.10 bits per heavy atom. The van der Waals surface area contributed by atoms with Gasteiger partial charge in [0.15, 0.2) is 0 Å². The molecule has 5 heterocycles. The van der Waals surface area contributed by atoms with E-state index in [1.807, 2.05) is 12.1 Å². The number of hydrogen-bond acceptors (Lipinski definition) is 8. The fourth-order valence-corrected chi connectivity index (χ4v) is 6.85.